The summed E-state index contributed by atoms with van der Waals surface area (Å²) in [6.07, 6.45) is -0.640. The quantitative estimate of drug-likeness (QED) is 0.847. The van der Waals surface area contributed by atoms with Crippen molar-refractivity contribution in [1.82, 2.24) is 5.32 Å². The van der Waals surface area contributed by atoms with Crippen LogP contribution in [0, 0.1) is 0 Å². The predicted octanol–water partition coefficient (Wildman–Crippen LogP) is 2.37. The van der Waals surface area contributed by atoms with Gasteiger partial charge in [-0.05, 0) is 38.6 Å². The fourth-order valence-electron chi connectivity index (χ4n) is 1.63. The van der Waals surface area contributed by atoms with Crippen LogP contribution < -0.4 is 15.8 Å². The Labute approximate surface area is 116 Å². The first-order chi connectivity index (χ1) is 8.45. The third-order valence-electron chi connectivity index (χ3n) is 2.65. The zero-order chi connectivity index (χ0) is 13.7. The SMILES string of the molecule is CCNC(C)c1cc(Br)ccc1OC(C)C(N)=O. The van der Waals surface area contributed by atoms with E-state index in [0.717, 1.165) is 16.6 Å². The molecule has 0 spiro atoms. The smallest absolute Gasteiger partial charge is 0.258 e. The molecular weight excluding hydrogens is 296 g/mol. The van der Waals surface area contributed by atoms with Crippen LogP contribution in [-0.2, 0) is 4.79 Å². The van der Waals surface area contributed by atoms with Gasteiger partial charge in [0.2, 0.25) is 0 Å². The van der Waals surface area contributed by atoms with E-state index in [2.05, 4.69) is 21.2 Å². The van der Waals surface area contributed by atoms with Crippen molar-refractivity contribution in [3.05, 3.63) is 28.2 Å². The predicted molar refractivity (Wildman–Crippen MR) is 75.5 cm³/mol. The van der Waals surface area contributed by atoms with E-state index in [9.17, 15) is 4.79 Å². The summed E-state index contributed by atoms with van der Waals surface area (Å²) in [6.45, 7) is 6.60. The summed E-state index contributed by atoms with van der Waals surface area (Å²) in [5.41, 5.74) is 6.21. The number of halogens is 1. The van der Waals surface area contributed by atoms with Crippen LogP contribution in [0.3, 0.4) is 0 Å². The summed E-state index contributed by atoms with van der Waals surface area (Å²) in [5.74, 6) is 0.206. The minimum absolute atomic E-state index is 0.141. The number of nitrogens with one attached hydrogen (secondary N) is 1. The lowest BCUT2D eigenvalue weighted by Gasteiger charge is -2.20. The summed E-state index contributed by atoms with van der Waals surface area (Å²) in [7, 11) is 0. The summed E-state index contributed by atoms with van der Waals surface area (Å²) in [6, 6.07) is 5.84. The Hall–Kier alpha value is -1.07. The van der Waals surface area contributed by atoms with Gasteiger partial charge in [-0.3, -0.25) is 4.79 Å². The van der Waals surface area contributed by atoms with Gasteiger partial charge in [0.1, 0.15) is 5.75 Å². The van der Waals surface area contributed by atoms with Gasteiger partial charge in [0, 0.05) is 16.1 Å². The van der Waals surface area contributed by atoms with Gasteiger partial charge < -0.3 is 15.8 Å². The van der Waals surface area contributed by atoms with Gasteiger partial charge in [-0.1, -0.05) is 22.9 Å². The van der Waals surface area contributed by atoms with Gasteiger partial charge in [-0.25, -0.2) is 0 Å². The van der Waals surface area contributed by atoms with Crippen molar-refractivity contribution in [3.63, 3.8) is 0 Å². The van der Waals surface area contributed by atoms with E-state index in [1.54, 1.807) is 6.92 Å². The van der Waals surface area contributed by atoms with E-state index in [1.165, 1.54) is 0 Å². The van der Waals surface area contributed by atoms with Crippen LogP contribution in [0.15, 0.2) is 22.7 Å². The molecule has 0 heterocycles. The van der Waals surface area contributed by atoms with Crippen LogP contribution in [0.2, 0.25) is 0 Å². The molecule has 5 heteroatoms. The highest BCUT2D eigenvalue weighted by Crippen LogP contribution is 2.29. The van der Waals surface area contributed by atoms with E-state index in [4.69, 9.17) is 10.5 Å². The van der Waals surface area contributed by atoms with E-state index in [-0.39, 0.29) is 6.04 Å². The highest BCUT2D eigenvalue weighted by Gasteiger charge is 2.16. The maximum absolute atomic E-state index is 11.0. The number of hydrogen-bond donors (Lipinski definition) is 2. The molecule has 18 heavy (non-hydrogen) atoms. The first kappa shape index (κ1) is 15.0. The van der Waals surface area contributed by atoms with E-state index < -0.39 is 12.0 Å². The first-order valence-electron chi connectivity index (χ1n) is 5.94. The second-order valence-electron chi connectivity index (χ2n) is 4.12. The summed E-state index contributed by atoms with van der Waals surface area (Å²) < 4.78 is 6.57. The van der Waals surface area contributed by atoms with Gasteiger partial charge in [0.05, 0.1) is 0 Å². The van der Waals surface area contributed by atoms with Gasteiger partial charge in [-0.2, -0.15) is 0 Å². The molecule has 4 nitrogen and oxygen atoms in total. The molecule has 1 aromatic rings. The van der Waals surface area contributed by atoms with Crippen molar-refractivity contribution in [2.24, 2.45) is 5.73 Å². The standard InChI is InChI=1S/C13H19BrN2O2/c1-4-16-8(2)11-7-10(14)5-6-12(11)18-9(3)13(15)17/h5-9,16H,4H2,1-3H3,(H2,15,17). The molecule has 1 aromatic carbocycles. The summed E-state index contributed by atoms with van der Waals surface area (Å²) in [4.78, 5) is 11.0. The monoisotopic (exact) mass is 314 g/mol. The van der Waals surface area contributed by atoms with Crippen molar-refractivity contribution >= 4 is 21.8 Å². The third kappa shape index (κ3) is 3.99. The number of carbonyl (C=O) groups excluding carboxylic acids is 1. The Morgan fingerprint density at radius 1 is 1.50 bits per heavy atom. The largest absolute Gasteiger partial charge is 0.481 e. The van der Waals surface area contributed by atoms with Gasteiger partial charge in [0.15, 0.2) is 6.10 Å². The number of nitrogens with two attached hydrogens (primary N) is 1. The Morgan fingerprint density at radius 3 is 2.72 bits per heavy atom. The number of benzene rings is 1. The molecule has 2 unspecified atom stereocenters. The molecule has 1 rings (SSSR count). The van der Waals surface area contributed by atoms with Crippen molar-refractivity contribution in [1.29, 1.82) is 0 Å². The number of primary amides is 1. The van der Waals surface area contributed by atoms with Crippen LogP contribution in [0.25, 0.3) is 0 Å². The Morgan fingerprint density at radius 2 is 2.17 bits per heavy atom. The average molecular weight is 315 g/mol. The number of carbonyl (C=O) groups is 1. The minimum atomic E-state index is -0.640. The molecular formula is C13H19BrN2O2. The number of hydrogen-bond acceptors (Lipinski definition) is 3. The maximum atomic E-state index is 11.0. The van der Waals surface area contributed by atoms with Crippen molar-refractivity contribution in [3.8, 4) is 5.75 Å². The van der Waals surface area contributed by atoms with Crippen LogP contribution in [0.5, 0.6) is 5.75 Å². The summed E-state index contributed by atoms with van der Waals surface area (Å²) >= 11 is 3.44. The molecule has 0 aromatic heterocycles. The van der Waals surface area contributed by atoms with Crippen molar-refractivity contribution < 1.29 is 9.53 Å². The van der Waals surface area contributed by atoms with Gasteiger partial charge >= 0.3 is 0 Å². The molecule has 0 aliphatic carbocycles. The van der Waals surface area contributed by atoms with Gasteiger partial charge in [0.25, 0.3) is 5.91 Å². The third-order valence-corrected chi connectivity index (χ3v) is 3.15. The lowest BCUT2D eigenvalue weighted by Crippen LogP contribution is -2.31. The molecule has 0 aliphatic rings. The molecule has 0 bridgehead atoms. The second kappa shape index (κ2) is 6.75. The van der Waals surface area contributed by atoms with Crippen LogP contribution >= 0.6 is 15.9 Å². The normalized spacial score (nSPS) is 14.0. The van der Waals surface area contributed by atoms with E-state index in [1.807, 2.05) is 32.0 Å². The highest BCUT2D eigenvalue weighted by atomic mass is 79.9. The Balaban J connectivity index is 2.99. The maximum Gasteiger partial charge on any atom is 0.258 e. The van der Waals surface area contributed by atoms with Crippen molar-refractivity contribution in [2.45, 2.75) is 32.9 Å². The highest BCUT2D eigenvalue weighted by molar-refractivity contribution is 9.10. The fraction of sp³-hybridized carbons (Fsp3) is 0.462. The first-order valence-corrected chi connectivity index (χ1v) is 6.73. The molecule has 3 N–H and O–H groups in total. The van der Waals surface area contributed by atoms with E-state index >= 15 is 0 Å². The molecule has 0 fully saturated rings. The lowest BCUT2D eigenvalue weighted by molar-refractivity contribution is -0.124. The molecule has 1 amide bonds. The second-order valence-corrected chi connectivity index (χ2v) is 5.04. The number of amides is 1. The Kier molecular flexibility index (Phi) is 5.62. The Bertz CT molecular complexity index is 423. The van der Waals surface area contributed by atoms with Crippen molar-refractivity contribution in [2.75, 3.05) is 6.54 Å². The van der Waals surface area contributed by atoms with Crippen LogP contribution in [0.4, 0.5) is 0 Å². The molecule has 2 atom stereocenters. The minimum Gasteiger partial charge on any atom is -0.481 e. The molecule has 0 radical (unpaired) electrons. The van der Waals surface area contributed by atoms with Crippen LogP contribution in [0.1, 0.15) is 32.4 Å². The van der Waals surface area contributed by atoms with Crippen LogP contribution in [-0.4, -0.2) is 18.6 Å². The number of rotatable bonds is 6. The zero-order valence-corrected chi connectivity index (χ0v) is 12.5. The zero-order valence-electron chi connectivity index (χ0n) is 10.9. The fourth-order valence-corrected chi connectivity index (χ4v) is 2.01. The molecule has 100 valence electrons. The molecule has 0 saturated heterocycles. The topological polar surface area (TPSA) is 64.3 Å². The van der Waals surface area contributed by atoms with Gasteiger partial charge in [-0.15, -0.1) is 0 Å². The number of ether oxygens (including phenoxy) is 1. The molecule has 0 saturated carbocycles. The summed E-state index contributed by atoms with van der Waals surface area (Å²) in [5, 5.41) is 3.31. The van der Waals surface area contributed by atoms with E-state index in [0.29, 0.717) is 5.75 Å². The molecule has 0 aliphatic heterocycles. The average Bonchev–Trinajstić information content (AvgIpc) is 2.31. The lowest BCUT2D eigenvalue weighted by atomic mass is 10.1.